The van der Waals surface area contributed by atoms with Crippen LogP contribution in [-0.2, 0) is 42.8 Å². The van der Waals surface area contributed by atoms with Crippen LogP contribution in [0.15, 0.2) is 170 Å². The van der Waals surface area contributed by atoms with Crippen molar-refractivity contribution in [3.8, 4) is 44.5 Å². The van der Waals surface area contributed by atoms with Gasteiger partial charge in [-0.2, -0.15) is 26.3 Å². The first-order valence-electron chi connectivity index (χ1n) is 19.9. The first-order chi connectivity index (χ1) is 30.7. The van der Waals surface area contributed by atoms with Gasteiger partial charge in [0.15, 0.2) is 0 Å². The summed E-state index contributed by atoms with van der Waals surface area (Å²) in [5.74, 6) is -0.220. The molecule has 2 amide bonds. The molecule has 0 fully saturated rings. The second-order valence-corrected chi connectivity index (χ2v) is 17.7. The maximum atomic E-state index is 13.4. The van der Waals surface area contributed by atoms with Crippen molar-refractivity contribution in [2.24, 2.45) is 0 Å². The maximum absolute atomic E-state index is 13.4. The normalized spacial score (nSPS) is 10.8. The van der Waals surface area contributed by atoms with Crippen LogP contribution in [0, 0.1) is 0 Å². The number of amides is 2. The summed E-state index contributed by atoms with van der Waals surface area (Å²) in [4.78, 5) is 21.2. The van der Waals surface area contributed by atoms with E-state index in [4.69, 9.17) is 17.0 Å². The molecular formula is C50H40BCl2F6N2O2Zr. The molecule has 0 saturated heterocycles. The van der Waals surface area contributed by atoms with Crippen LogP contribution < -0.4 is 10.5 Å². The number of carbonyl (C=O) groups is 2. The van der Waals surface area contributed by atoms with Crippen LogP contribution in [0.5, 0.6) is 0 Å². The molecule has 0 unspecified atom stereocenters. The first-order valence-corrected chi connectivity index (χ1v) is 26.2. The van der Waals surface area contributed by atoms with Crippen molar-refractivity contribution in [2.45, 2.75) is 39.0 Å². The van der Waals surface area contributed by atoms with Crippen molar-refractivity contribution in [1.29, 1.82) is 0 Å². The minimum atomic E-state index is -4.38. The van der Waals surface area contributed by atoms with E-state index in [0.29, 0.717) is 24.0 Å². The van der Waals surface area contributed by atoms with Gasteiger partial charge in [0.25, 0.3) is 0 Å². The number of nitrogens with one attached hydrogen (secondary N) is 2. The first kappa shape index (κ1) is 49.6. The number of rotatable bonds is 8. The van der Waals surface area contributed by atoms with Gasteiger partial charge in [-0.05, 0) is 23.3 Å². The zero-order chi connectivity index (χ0) is 46.3. The van der Waals surface area contributed by atoms with Crippen molar-refractivity contribution in [3.05, 3.63) is 181 Å². The molecule has 14 heteroatoms. The molecular weight excluding hydrogens is 947 g/mol. The summed E-state index contributed by atoms with van der Waals surface area (Å²) in [7, 11) is 11.1. The number of halogens is 8. The summed E-state index contributed by atoms with van der Waals surface area (Å²) in [6, 6.07) is 50.1. The second kappa shape index (κ2) is 23.5. The molecule has 325 valence electrons. The van der Waals surface area contributed by atoms with Gasteiger partial charge in [0, 0.05) is 12.8 Å². The third-order valence-electron chi connectivity index (χ3n) is 9.87. The van der Waals surface area contributed by atoms with Gasteiger partial charge in [0.2, 0.25) is 11.8 Å². The molecule has 0 aliphatic carbocycles. The summed E-state index contributed by atoms with van der Waals surface area (Å²) in [5.41, 5.74) is 4.54. The molecule has 8 rings (SSSR count). The number of benzene rings is 6. The van der Waals surface area contributed by atoms with E-state index in [9.17, 15) is 35.9 Å². The molecule has 0 bridgehead atoms. The summed E-state index contributed by atoms with van der Waals surface area (Å²) in [6.07, 6.45) is -7.93. The van der Waals surface area contributed by atoms with E-state index < -0.39 is 44.3 Å². The number of hydrogen-bond donors (Lipinski definition) is 2. The molecule has 4 nitrogen and oxygen atoms in total. The van der Waals surface area contributed by atoms with Crippen LogP contribution in [0.2, 0.25) is 0 Å². The van der Waals surface area contributed by atoms with Gasteiger partial charge in [-0.1, -0.05) is 157 Å². The number of hydrogen-bond acceptors (Lipinski definition) is 2. The molecule has 0 aliphatic heterocycles. The third kappa shape index (κ3) is 13.3. The van der Waals surface area contributed by atoms with Crippen LogP contribution in [0.1, 0.15) is 37.8 Å². The van der Waals surface area contributed by atoms with Crippen LogP contribution in [0.3, 0.4) is 0 Å². The van der Waals surface area contributed by atoms with E-state index in [1.54, 1.807) is 50.2 Å². The molecule has 2 N–H and O–H groups in total. The van der Waals surface area contributed by atoms with Gasteiger partial charge >= 0.3 is 57.8 Å². The van der Waals surface area contributed by atoms with Crippen molar-refractivity contribution in [3.63, 3.8) is 0 Å². The molecule has 1 radical (unpaired) electrons. The van der Waals surface area contributed by atoms with E-state index in [-0.39, 0.29) is 22.9 Å². The number of carbonyl (C=O) groups excluding carboxylic acids is 2. The molecule has 0 spiro atoms. The van der Waals surface area contributed by atoms with Crippen molar-refractivity contribution >= 4 is 57.9 Å². The Morgan fingerprint density at radius 2 is 0.844 bits per heavy atom. The van der Waals surface area contributed by atoms with Gasteiger partial charge in [0.05, 0.1) is 11.1 Å². The molecule has 8 aromatic carbocycles. The molecule has 0 heterocycles. The Balaban J connectivity index is 0.000000188. The van der Waals surface area contributed by atoms with E-state index in [0.717, 1.165) is 55.9 Å². The van der Waals surface area contributed by atoms with Crippen molar-refractivity contribution < 1.29 is 56.8 Å². The van der Waals surface area contributed by atoms with Crippen LogP contribution in [0.4, 0.5) is 26.3 Å². The third-order valence-corrected chi connectivity index (χ3v) is 9.87. The fourth-order valence-electron chi connectivity index (χ4n) is 6.87. The average Bonchev–Trinajstić information content (AvgIpc) is 3.95. The quantitative estimate of drug-likeness (QED) is 0.0905. The number of fused-ring (bicyclic) bond motifs is 2. The van der Waals surface area contributed by atoms with E-state index >= 15 is 0 Å². The predicted octanol–water partition coefficient (Wildman–Crippen LogP) is 14.8. The average molecular weight is 988 g/mol. The van der Waals surface area contributed by atoms with Crippen molar-refractivity contribution in [1.82, 2.24) is 10.5 Å². The Morgan fingerprint density at radius 1 is 0.516 bits per heavy atom. The monoisotopic (exact) mass is 985 g/mol. The van der Waals surface area contributed by atoms with Crippen LogP contribution in [-0.4, -0.2) is 19.4 Å². The van der Waals surface area contributed by atoms with Gasteiger partial charge < -0.3 is 10.5 Å². The van der Waals surface area contributed by atoms with Crippen LogP contribution >= 0.6 is 17.0 Å². The van der Waals surface area contributed by atoms with E-state index in [1.165, 1.54) is 31.8 Å². The summed E-state index contributed by atoms with van der Waals surface area (Å²) in [6.45, 7) is 3.48. The molecule has 0 saturated carbocycles. The van der Waals surface area contributed by atoms with Gasteiger partial charge in [-0.3, -0.25) is 9.59 Å². The van der Waals surface area contributed by atoms with Crippen LogP contribution in [0.25, 0.3) is 66.1 Å². The van der Waals surface area contributed by atoms with Crippen molar-refractivity contribution in [2.75, 3.05) is 0 Å². The fraction of sp³-hybridized carbons (Fsp3) is 0.120. The summed E-state index contributed by atoms with van der Waals surface area (Å²) >= 11 is -0.826. The summed E-state index contributed by atoms with van der Waals surface area (Å²) in [5, 5.41) is 8.34. The molecule has 0 aromatic heterocycles. The SMILES string of the molecule is CCC(=O)N[B]NC(=O)CC.FC(F)(F)c1ccccc1-c1cccc2[cH-]c(-c3ccccc3)cc12.FC(F)(F)c1ccccc1-c1cccc2[cH-]c(-c3ccccc3)cc12.[Cl][Zr+2][Cl]. The Morgan fingerprint density at radius 3 is 1.19 bits per heavy atom. The standard InChI is InChI=1S/2C22H14F3.C6H12BN2O2.2ClH.Zr/c2*23-22(24,25)21-12-5-4-10-19(21)18-11-6-9-16-13-17(14-20(16)18)15-7-2-1-3-8-15;1-3-5(10)8-7-9-6(11)4-2;;;/h2*1-14H;3-4H2,1-2H3,(H,8,10)(H,9,11);2*1H;/q2*-1;;;;+4/p-2. The minimum absolute atomic E-state index is 0.110. The number of alkyl halides is 6. The molecule has 0 aliphatic rings. The van der Waals surface area contributed by atoms with E-state index in [2.05, 4.69) is 10.5 Å². The predicted molar refractivity (Wildman–Crippen MR) is 245 cm³/mol. The summed E-state index contributed by atoms with van der Waals surface area (Å²) < 4.78 is 80.4. The Kier molecular flexibility index (Phi) is 18.2. The fourth-order valence-corrected chi connectivity index (χ4v) is 6.87. The molecule has 0 atom stereocenters. The zero-order valence-electron chi connectivity index (χ0n) is 34.5. The van der Waals surface area contributed by atoms with Gasteiger partial charge in [-0.25, -0.2) is 0 Å². The Bertz CT molecular complexity index is 2570. The molecule has 64 heavy (non-hydrogen) atoms. The van der Waals surface area contributed by atoms with E-state index in [1.807, 2.05) is 97.1 Å². The Labute approximate surface area is 387 Å². The Hall–Kier alpha value is -5.41. The van der Waals surface area contributed by atoms with Gasteiger partial charge in [0.1, 0.15) is 0 Å². The van der Waals surface area contributed by atoms with Gasteiger partial charge in [-0.15, -0.1) is 69.1 Å². The zero-order valence-corrected chi connectivity index (χ0v) is 38.5. The second-order valence-electron chi connectivity index (χ2n) is 14.0. The topological polar surface area (TPSA) is 58.2 Å². The molecule has 8 aromatic rings.